The SMILES string of the molecule is CCOC(=O)C1CCCC(Nc2cccc(COC)c2)C1. The third-order valence-electron chi connectivity index (χ3n) is 3.90. The van der Waals surface area contributed by atoms with Crippen LogP contribution in [-0.4, -0.2) is 25.7 Å². The second kappa shape index (κ2) is 8.03. The maximum atomic E-state index is 11.9. The monoisotopic (exact) mass is 291 g/mol. The first kappa shape index (κ1) is 15.8. The second-order valence-electron chi connectivity index (χ2n) is 5.59. The highest BCUT2D eigenvalue weighted by Gasteiger charge is 2.28. The van der Waals surface area contributed by atoms with Gasteiger partial charge in [-0.1, -0.05) is 18.6 Å². The Morgan fingerprint density at radius 2 is 2.24 bits per heavy atom. The first-order valence-corrected chi connectivity index (χ1v) is 7.74. The van der Waals surface area contributed by atoms with Gasteiger partial charge in [0.25, 0.3) is 0 Å². The van der Waals surface area contributed by atoms with Crippen molar-refractivity contribution in [2.45, 2.75) is 45.3 Å². The Hall–Kier alpha value is -1.55. The van der Waals surface area contributed by atoms with Crippen LogP contribution in [0, 0.1) is 5.92 Å². The predicted octanol–water partition coefficient (Wildman–Crippen LogP) is 3.37. The molecule has 2 unspecified atom stereocenters. The Morgan fingerprint density at radius 1 is 1.38 bits per heavy atom. The molecule has 0 spiro atoms. The molecule has 0 radical (unpaired) electrons. The molecule has 116 valence electrons. The lowest BCUT2D eigenvalue weighted by Crippen LogP contribution is -2.32. The van der Waals surface area contributed by atoms with Crippen LogP contribution in [0.15, 0.2) is 24.3 Å². The average molecular weight is 291 g/mol. The zero-order valence-electron chi connectivity index (χ0n) is 12.9. The molecular weight excluding hydrogens is 266 g/mol. The van der Waals surface area contributed by atoms with Gasteiger partial charge in [-0.25, -0.2) is 0 Å². The fourth-order valence-electron chi connectivity index (χ4n) is 2.95. The van der Waals surface area contributed by atoms with Crippen molar-refractivity contribution in [1.29, 1.82) is 0 Å². The molecule has 0 heterocycles. The first-order valence-electron chi connectivity index (χ1n) is 7.74. The van der Waals surface area contributed by atoms with E-state index in [1.807, 2.05) is 13.0 Å². The van der Waals surface area contributed by atoms with Gasteiger partial charge in [0.2, 0.25) is 0 Å². The lowest BCUT2D eigenvalue weighted by Gasteiger charge is -2.29. The van der Waals surface area contributed by atoms with Crippen LogP contribution in [0.4, 0.5) is 5.69 Å². The smallest absolute Gasteiger partial charge is 0.308 e. The molecule has 4 nitrogen and oxygen atoms in total. The number of ether oxygens (including phenoxy) is 2. The van der Waals surface area contributed by atoms with E-state index in [0.717, 1.165) is 36.9 Å². The van der Waals surface area contributed by atoms with E-state index in [9.17, 15) is 4.79 Å². The van der Waals surface area contributed by atoms with Gasteiger partial charge in [0.1, 0.15) is 0 Å². The molecule has 1 aromatic carbocycles. The topological polar surface area (TPSA) is 47.6 Å². The predicted molar refractivity (Wildman–Crippen MR) is 83.2 cm³/mol. The Balaban J connectivity index is 1.93. The van der Waals surface area contributed by atoms with Gasteiger partial charge in [-0.2, -0.15) is 0 Å². The molecular formula is C17H25NO3. The fourth-order valence-corrected chi connectivity index (χ4v) is 2.95. The second-order valence-corrected chi connectivity index (χ2v) is 5.59. The van der Waals surface area contributed by atoms with Crippen molar-refractivity contribution < 1.29 is 14.3 Å². The van der Waals surface area contributed by atoms with Crippen LogP contribution in [-0.2, 0) is 20.9 Å². The zero-order chi connectivity index (χ0) is 15.1. The normalized spacial score (nSPS) is 21.8. The van der Waals surface area contributed by atoms with Crippen molar-refractivity contribution in [3.05, 3.63) is 29.8 Å². The number of methoxy groups -OCH3 is 1. The largest absolute Gasteiger partial charge is 0.466 e. The van der Waals surface area contributed by atoms with Crippen molar-refractivity contribution in [3.8, 4) is 0 Å². The Labute approximate surface area is 126 Å². The number of rotatable bonds is 6. The number of carbonyl (C=O) groups excluding carboxylic acids is 1. The fraction of sp³-hybridized carbons (Fsp3) is 0.588. The number of nitrogens with one attached hydrogen (secondary N) is 1. The maximum absolute atomic E-state index is 11.9. The summed E-state index contributed by atoms with van der Waals surface area (Å²) in [5.74, 6) is -0.00417. The molecule has 1 aromatic rings. The highest BCUT2D eigenvalue weighted by molar-refractivity contribution is 5.72. The molecule has 1 saturated carbocycles. The number of carbonyl (C=O) groups is 1. The average Bonchev–Trinajstić information content (AvgIpc) is 2.48. The van der Waals surface area contributed by atoms with Gasteiger partial charge in [0, 0.05) is 18.8 Å². The molecule has 2 rings (SSSR count). The standard InChI is InChI=1S/C17H25NO3/c1-3-21-17(19)14-7-5-9-16(11-14)18-15-8-4-6-13(10-15)12-20-2/h4,6,8,10,14,16,18H,3,5,7,9,11-12H2,1-2H3. The van der Waals surface area contributed by atoms with Gasteiger partial charge in [-0.05, 0) is 43.9 Å². The van der Waals surface area contributed by atoms with E-state index >= 15 is 0 Å². The van der Waals surface area contributed by atoms with Gasteiger partial charge in [-0.3, -0.25) is 4.79 Å². The summed E-state index contributed by atoms with van der Waals surface area (Å²) in [4.78, 5) is 11.9. The molecule has 2 atom stereocenters. The van der Waals surface area contributed by atoms with Crippen molar-refractivity contribution in [2.75, 3.05) is 19.0 Å². The van der Waals surface area contributed by atoms with E-state index < -0.39 is 0 Å². The lowest BCUT2D eigenvalue weighted by atomic mass is 9.85. The Bertz CT molecular complexity index is 461. The molecule has 4 heteroatoms. The number of benzene rings is 1. The van der Waals surface area contributed by atoms with E-state index in [1.165, 1.54) is 0 Å². The lowest BCUT2D eigenvalue weighted by molar-refractivity contribution is -0.149. The Kier molecular flexibility index (Phi) is 6.05. The molecule has 0 aliphatic heterocycles. The van der Waals surface area contributed by atoms with E-state index in [0.29, 0.717) is 19.3 Å². The van der Waals surface area contributed by atoms with Crippen LogP contribution < -0.4 is 5.32 Å². The summed E-state index contributed by atoms with van der Waals surface area (Å²) in [5.41, 5.74) is 2.25. The minimum Gasteiger partial charge on any atom is -0.466 e. The number of anilines is 1. The van der Waals surface area contributed by atoms with Crippen molar-refractivity contribution >= 4 is 11.7 Å². The summed E-state index contributed by atoms with van der Waals surface area (Å²) in [6, 6.07) is 8.59. The summed E-state index contributed by atoms with van der Waals surface area (Å²) in [6.07, 6.45) is 3.97. The number of hydrogen-bond donors (Lipinski definition) is 1. The summed E-state index contributed by atoms with van der Waals surface area (Å²) < 4.78 is 10.3. The molecule has 1 fully saturated rings. The van der Waals surface area contributed by atoms with E-state index in [1.54, 1.807) is 7.11 Å². The van der Waals surface area contributed by atoms with E-state index in [-0.39, 0.29) is 11.9 Å². The third-order valence-corrected chi connectivity index (χ3v) is 3.90. The van der Waals surface area contributed by atoms with E-state index in [2.05, 4.69) is 23.5 Å². The van der Waals surface area contributed by atoms with Crippen LogP contribution in [0.1, 0.15) is 38.2 Å². The number of esters is 1. The number of hydrogen-bond acceptors (Lipinski definition) is 4. The molecule has 0 aromatic heterocycles. The quantitative estimate of drug-likeness (QED) is 0.816. The molecule has 0 bridgehead atoms. The molecule has 21 heavy (non-hydrogen) atoms. The molecule has 1 N–H and O–H groups in total. The van der Waals surface area contributed by atoms with Gasteiger partial charge in [-0.15, -0.1) is 0 Å². The molecule has 0 amide bonds. The minimum absolute atomic E-state index is 0.0401. The maximum Gasteiger partial charge on any atom is 0.308 e. The third kappa shape index (κ3) is 4.74. The van der Waals surface area contributed by atoms with Gasteiger partial charge >= 0.3 is 5.97 Å². The van der Waals surface area contributed by atoms with Gasteiger partial charge in [0.15, 0.2) is 0 Å². The molecule has 1 aliphatic rings. The van der Waals surface area contributed by atoms with Crippen LogP contribution >= 0.6 is 0 Å². The zero-order valence-corrected chi connectivity index (χ0v) is 12.9. The van der Waals surface area contributed by atoms with E-state index in [4.69, 9.17) is 9.47 Å². The van der Waals surface area contributed by atoms with Crippen molar-refractivity contribution in [3.63, 3.8) is 0 Å². The van der Waals surface area contributed by atoms with Crippen LogP contribution in [0.25, 0.3) is 0 Å². The molecule has 1 aliphatic carbocycles. The summed E-state index contributed by atoms with van der Waals surface area (Å²) in [5, 5.41) is 3.54. The summed E-state index contributed by atoms with van der Waals surface area (Å²) in [6.45, 7) is 2.94. The highest BCUT2D eigenvalue weighted by atomic mass is 16.5. The highest BCUT2D eigenvalue weighted by Crippen LogP contribution is 2.28. The van der Waals surface area contributed by atoms with Gasteiger partial charge < -0.3 is 14.8 Å². The van der Waals surface area contributed by atoms with Gasteiger partial charge in [0.05, 0.1) is 19.1 Å². The van der Waals surface area contributed by atoms with Crippen LogP contribution in [0.2, 0.25) is 0 Å². The first-order chi connectivity index (χ1) is 10.2. The van der Waals surface area contributed by atoms with Crippen LogP contribution in [0.5, 0.6) is 0 Å². The molecule has 0 saturated heterocycles. The van der Waals surface area contributed by atoms with Crippen LogP contribution in [0.3, 0.4) is 0 Å². The minimum atomic E-state index is -0.0443. The summed E-state index contributed by atoms with van der Waals surface area (Å²) in [7, 11) is 1.70. The summed E-state index contributed by atoms with van der Waals surface area (Å²) >= 11 is 0. The van der Waals surface area contributed by atoms with Crippen molar-refractivity contribution in [1.82, 2.24) is 0 Å². The van der Waals surface area contributed by atoms with Crippen molar-refractivity contribution in [2.24, 2.45) is 5.92 Å². The Morgan fingerprint density at radius 3 is 3.00 bits per heavy atom.